The molecule has 4 nitrogen and oxygen atoms in total. The summed E-state index contributed by atoms with van der Waals surface area (Å²) in [6, 6.07) is 3.01. The molecule has 2 heterocycles. The molecule has 18 heavy (non-hydrogen) atoms. The summed E-state index contributed by atoms with van der Waals surface area (Å²) in [5.41, 5.74) is 1.33. The number of pyridine rings is 1. The molecule has 0 saturated heterocycles. The van der Waals surface area contributed by atoms with Crippen LogP contribution in [-0.4, -0.2) is 16.1 Å². The Labute approximate surface area is 106 Å². The van der Waals surface area contributed by atoms with Crippen molar-refractivity contribution in [3.05, 3.63) is 33.7 Å². The fourth-order valence-corrected chi connectivity index (χ4v) is 2.55. The van der Waals surface area contributed by atoms with E-state index in [0.717, 1.165) is 44.2 Å². The van der Waals surface area contributed by atoms with E-state index < -0.39 is 11.9 Å². The molecule has 1 aliphatic rings. The summed E-state index contributed by atoms with van der Waals surface area (Å²) in [6.45, 7) is 0. The number of carboxylic acids is 1. The number of carbonyl (C=O) groups is 1. The van der Waals surface area contributed by atoms with Crippen LogP contribution in [-0.2, 0) is 11.2 Å². The van der Waals surface area contributed by atoms with E-state index in [1.54, 1.807) is 6.07 Å². The second-order valence-electron chi connectivity index (χ2n) is 4.99. The Bertz CT molecular complexity index is 478. The zero-order valence-corrected chi connectivity index (χ0v) is 10.4. The lowest BCUT2D eigenvalue weighted by Gasteiger charge is -2.13. The Morgan fingerprint density at radius 1 is 1.17 bits per heavy atom. The van der Waals surface area contributed by atoms with Crippen molar-refractivity contribution < 1.29 is 9.90 Å². The first-order valence-corrected chi connectivity index (χ1v) is 6.63. The molecule has 2 N–H and O–H groups in total. The van der Waals surface area contributed by atoms with Gasteiger partial charge in [0.15, 0.2) is 5.43 Å². The quantitative estimate of drug-likeness (QED) is 0.803. The predicted molar refractivity (Wildman–Crippen MR) is 68.8 cm³/mol. The molecule has 0 saturated carbocycles. The first-order valence-electron chi connectivity index (χ1n) is 6.63. The SMILES string of the molecule is O=C(O)C1CCCCCCCc2cc(=O)cc1[nH]2. The average molecular weight is 249 g/mol. The molecular weight excluding hydrogens is 230 g/mol. The van der Waals surface area contributed by atoms with Crippen LogP contribution < -0.4 is 5.43 Å². The number of fused-ring (bicyclic) bond motifs is 2. The van der Waals surface area contributed by atoms with Gasteiger partial charge in [-0.1, -0.05) is 25.7 Å². The van der Waals surface area contributed by atoms with Crippen molar-refractivity contribution in [3.63, 3.8) is 0 Å². The van der Waals surface area contributed by atoms with E-state index in [2.05, 4.69) is 4.98 Å². The van der Waals surface area contributed by atoms with Crippen molar-refractivity contribution >= 4 is 5.97 Å². The van der Waals surface area contributed by atoms with Crippen molar-refractivity contribution in [2.75, 3.05) is 0 Å². The largest absolute Gasteiger partial charge is 0.481 e. The van der Waals surface area contributed by atoms with Gasteiger partial charge < -0.3 is 10.1 Å². The first-order chi connectivity index (χ1) is 8.66. The highest BCUT2D eigenvalue weighted by molar-refractivity contribution is 5.75. The van der Waals surface area contributed by atoms with Crippen molar-refractivity contribution in [2.45, 2.75) is 50.9 Å². The molecule has 1 aromatic heterocycles. The summed E-state index contributed by atoms with van der Waals surface area (Å²) in [4.78, 5) is 26.0. The van der Waals surface area contributed by atoms with Crippen LogP contribution in [0.4, 0.5) is 0 Å². The molecule has 2 bridgehead atoms. The molecule has 1 aliphatic heterocycles. The number of nitrogens with one attached hydrogen (secondary N) is 1. The van der Waals surface area contributed by atoms with Gasteiger partial charge in [0, 0.05) is 23.5 Å². The summed E-state index contributed by atoms with van der Waals surface area (Å²) in [5.74, 6) is -1.42. The second-order valence-corrected chi connectivity index (χ2v) is 4.99. The first kappa shape index (κ1) is 12.9. The fourth-order valence-electron chi connectivity index (χ4n) is 2.55. The van der Waals surface area contributed by atoms with Crippen LogP contribution in [0.3, 0.4) is 0 Å². The van der Waals surface area contributed by atoms with Gasteiger partial charge in [0.25, 0.3) is 0 Å². The van der Waals surface area contributed by atoms with Crippen LogP contribution in [0.5, 0.6) is 0 Å². The lowest BCUT2D eigenvalue weighted by Crippen LogP contribution is -2.17. The van der Waals surface area contributed by atoms with Crippen LogP contribution in [0.2, 0.25) is 0 Å². The van der Waals surface area contributed by atoms with E-state index in [1.165, 1.54) is 6.07 Å². The van der Waals surface area contributed by atoms with Gasteiger partial charge in [-0.3, -0.25) is 9.59 Å². The molecule has 0 amide bonds. The van der Waals surface area contributed by atoms with Crippen LogP contribution in [0.1, 0.15) is 55.8 Å². The Balaban J connectivity index is 2.35. The lowest BCUT2D eigenvalue weighted by atomic mass is 9.97. The van der Waals surface area contributed by atoms with Gasteiger partial charge in [-0.05, 0) is 19.3 Å². The predicted octanol–water partition coefficient (Wildman–Crippen LogP) is 2.44. The minimum Gasteiger partial charge on any atom is -0.481 e. The Hall–Kier alpha value is -1.58. The van der Waals surface area contributed by atoms with Gasteiger partial charge in [-0.15, -0.1) is 0 Å². The van der Waals surface area contributed by atoms with E-state index in [1.807, 2.05) is 0 Å². The van der Waals surface area contributed by atoms with Gasteiger partial charge in [-0.25, -0.2) is 0 Å². The van der Waals surface area contributed by atoms with Crippen molar-refractivity contribution in [2.24, 2.45) is 0 Å². The van der Waals surface area contributed by atoms with Gasteiger partial charge in [0.1, 0.15) is 0 Å². The van der Waals surface area contributed by atoms with Gasteiger partial charge in [0.2, 0.25) is 0 Å². The lowest BCUT2D eigenvalue weighted by molar-refractivity contribution is -0.139. The van der Waals surface area contributed by atoms with Crippen molar-refractivity contribution in [1.29, 1.82) is 0 Å². The number of aliphatic carboxylic acids is 1. The van der Waals surface area contributed by atoms with Crippen LogP contribution in [0.15, 0.2) is 16.9 Å². The molecule has 2 rings (SSSR count). The normalized spacial score (nSPS) is 21.0. The van der Waals surface area contributed by atoms with E-state index >= 15 is 0 Å². The maximum atomic E-state index is 11.6. The van der Waals surface area contributed by atoms with E-state index in [4.69, 9.17) is 0 Å². The zero-order valence-electron chi connectivity index (χ0n) is 10.4. The van der Waals surface area contributed by atoms with Crippen LogP contribution >= 0.6 is 0 Å². The molecule has 0 radical (unpaired) electrons. The fraction of sp³-hybridized carbons (Fsp3) is 0.571. The van der Waals surface area contributed by atoms with Gasteiger partial charge in [-0.2, -0.15) is 0 Å². The minimum absolute atomic E-state index is 0.0933. The standard InChI is InChI=1S/C14H19NO3/c16-11-8-10-6-4-2-1-3-5-7-12(14(17)18)13(9-11)15-10/h8-9,12H,1-7H2,(H,15,16)(H,17,18). The highest BCUT2D eigenvalue weighted by Crippen LogP contribution is 2.22. The maximum absolute atomic E-state index is 11.6. The molecule has 1 atom stereocenters. The number of aromatic nitrogens is 1. The molecule has 0 fully saturated rings. The Kier molecular flexibility index (Phi) is 4.18. The van der Waals surface area contributed by atoms with Crippen molar-refractivity contribution in [1.82, 2.24) is 4.98 Å². The second kappa shape index (κ2) is 5.85. The summed E-state index contributed by atoms with van der Waals surface area (Å²) < 4.78 is 0. The molecule has 98 valence electrons. The highest BCUT2D eigenvalue weighted by atomic mass is 16.4. The number of rotatable bonds is 1. The average Bonchev–Trinajstić information content (AvgIpc) is 2.33. The molecule has 0 spiro atoms. The van der Waals surface area contributed by atoms with E-state index in [-0.39, 0.29) is 5.43 Å². The third-order valence-electron chi connectivity index (χ3n) is 3.53. The summed E-state index contributed by atoms with van der Waals surface area (Å²) in [7, 11) is 0. The third kappa shape index (κ3) is 3.22. The Morgan fingerprint density at radius 3 is 2.67 bits per heavy atom. The van der Waals surface area contributed by atoms with E-state index in [9.17, 15) is 14.7 Å². The summed E-state index contributed by atoms with van der Waals surface area (Å²) in [5, 5.41) is 9.27. The smallest absolute Gasteiger partial charge is 0.312 e. The third-order valence-corrected chi connectivity index (χ3v) is 3.53. The van der Waals surface area contributed by atoms with Crippen LogP contribution in [0.25, 0.3) is 0 Å². The summed E-state index contributed by atoms with van der Waals surface area (Å²) in [6.07, 6.45) is 6.76. The number of aromatic amines is 1. The molecule has 4 heteroatoms. The molecule has 0 aliphatic carbocycles. The highest BCUT2D eigenvalue weighted by Gasteiger charge is 2.21. The number of hydrogen-bond acceptors (Lipinski definition) is 2. The van der Waals surface area contributed by atoms with Gasteiger partial charge >= 0.3 is 5.97 Å². The molecule has 1 unspecified atom stereocenters. The summed E-state index contributed by atoms with van der Waals surface area (Å²) >= 11 is 0. The minimum atomic E-state index is -0.845. The van der Waals surface area contributed by atoms with Crippen LogP contribution in [0, 0.1) is 0 Å². The number of hydrogen-bond donors (Lipinski definition) is 2. The van der Waals surface area contributed by atoms with Crippen molar-refractivity contribution in [3.8, 4) is 0 Å². The zero-order chi connectivity index (χ0) is 13.0. The Morgan fingerprint density at radius 2 is 1.89 bits per heavy atom. The topological polar surface area (TPSA) is 70.2 Å². The molecule has 1 aromatic rings. The van der Waals surface area contributed by atoms with Gasteiger partial charge in [0.05, 0.1) is 5.92 Å². The monoisotopic (exact) mass is 249 g/mol. The van der Waals surface area contributed by atoms with E-state index in [0.29, 0.717) is 12.1 Å². The molecular formula is C14H19NO3. The number of aryl methyl sites for hydroxylation is 1. The maximum Gasteiger partial charge on any atom is 0.312 e. The number of H-pyrrole nitrogens is 1. The number of carboxylic acid groups (broad SMARTS) is 1. The molecule has 0 aromatic carbocycles.